The molecule has 0 saturated heterocycles. The van der Waals surface area contributed by atoms with E-state index in [2.05, 4.69) is 30.5 Å². The van der Waals surface area contributed by atoms with E-state index in [4.69, 9.17) is 10.7 Å². The number of fused-ring (bicyclic) bond motifs is 1. The molecular weight excluding hydrogens is 471 g/mol. The monoisotopic (exact) mass is 494 g/mol. The van der Waals surface area contributed by atoms with Crippen molar-refractivity contribution in [3.05, 3.63) is 93.7 Å². The summed E-state index contributed by atoms with van der Waals surface area (Å²) < 4.78 is 13.9. The molecule has 184 valence electrons. The third kappa shape index (κ3) is 4.76. The lowest BCUT2D eigenvalue weighted by Crippen LogP contribution is -2.26. The molecule has 0 bridgehead atoms. The minimum absolute atomic E-state index is 0.105. The van der Waals surface area contributed by atoms with Crippen LogP contribution < -0.4 is 32.3 Å². The second kappa shape index (κ2) is 9.94. The minimum Gasteiger partial charge on any atom is -0.382 e. The van der Waals surface area contributed by atoms with Gasteiger partial charge in [0.15, 0.2) is 11.6 Å². The van der Waals surface area contributed by atoms with E-state index in [1.54, 1.807) is 43.7 Å². The normalized spacial score (nSPS) is 14.7. The summed E-state index contributed by atoms with van der Waals surface area (Å²) in [7, 11) is 0. The fraction of sp³-hybridized carbons (Fsp3) is 0.111. The first kappa shape index (κ1) is 23.7. The minimum atomic E-state index is -0.346. The van der Waals surface area contributed by atoms with Crippen LogP contribution in [-0.2, 0) is 4.79 Å². The van der Waals surface area contributed by atoms with Gasteiger partial charge in [0.05, 0.1) is 6.20 Å². The number of halogens is 1. The fourth-order valence-electron chi connectivity index (χ4n) is 3.91. The predicted octanol–water partition coefficient (Wildman–Crippen LogP) is 1.84. The summed E-state index contributed by atoms with van der Waals surface area (Å²) in [5.74, 6) is 0.705. The molecule has 3 aromatic heterocycles. The molecule has 9 nitrogen and oxygen atoms in total. The van der Waals surface area contributed by atoms with Crippen LogP contribution in [0.2, 0.25) is 0 Å². The number of allylic oxidation sites excluding steroid dienone is 2. The number of amides is 1. The Bertz CT molecular complexity index is 1790. The number of nitrogens with one attached hydrogen (secondary N) is 2. The number of carbonyl (C=O) groups excluding carboxylic acids is 1. The maximum atomic E-state index is 13.9. The molecule has 0 unspecified atom stereocenters. The smallest absolute Gasteiger partial charge is 0.225 e. The van der Waals surface area contributed by atoms with E-state index in [-0.39, 0.29) is 17.5 Å². The predicted molar refractivity (Wildman–Crippen MR) is 139 cm³/mol. The zero-order valence-electron chi connectivity index (χ0n) is 20.2. The fourth-order valence-corrected chi connectivity index (χ4v) is 3.91. The van der Waals surface area contributed by atoms with Crippen LogP contribution >= 0.6 is 0 Å². The van der Waals surface area contributed by atoms with E-state index in [9.17, 15) is 9.18 Å². The maximum Gasteiger partial charge on any atom is 0.225 e. The number of hydrogen-bond donors (Lipinski definition) is 3. The Labute approximate surface area is 210 Å². The van der Waals surface area contributed by atoms with Crippen LogP contribution in [0, 0.1) is 5.82 Å². The molecule has 0 atom stereocenters. The highest BCUT2D eigenvalue weighted by molar-refractivity contribution is 5.91. The number of aromatic nitrogens is 4. The molecule has 0 aliphatic carbocycles. The number of benzene rings is 1. The summed E-state index contributed by atoms with van der Waals surface area (Å²) >= 11 is 0. The summed E-state index contributed by atoms with van der Waals surface area (Å²) in [4.78, 5) is 29.6. The lowest BCUT2D eigenvalue weighted by Gasteiger charge is -2.05. The number of rotatable bonds is 5. The third-order valence-electron chi connectivity index (χ3n) is 5.83. The zero-order valence-corrected chi connectivity index (χ0v) is 20.2. The van der Waals surface area contributed by atoms with Gasteiger partial charge in [0, 0.05) is 29.6 Å². The molecule has 4 aromatic rings. The van der Waals surface area contributed by atoms with Crippen molar-refractivity contribution < 1.29 is 9.18 Å². The van der Waals surface area contributed by atoms with Gasteiger partial charge in [-0.2, -0.15) is 5.10 Å². The number of nitrogen functional groups attached to an aromatic ring is 1. The largest absolute Gasteiger partial charge is 0.382 e. The molecule has 10 heteroatoms. The van der Waals surface area contributed by atoms with Crippen LogP contribution in [0.1, 0.15) is 25.8 Å². The molecule has 4 heterocycles. The quantitative estimate of drug-likeness (QED) is 0.389. The molecular formula is C27H23FN8O. The van der Waals surface area contributed by atoms with Gasteiger partial charge in [-0.25, -0.2) is 19.4 Å². The first-order chi connectivity index (χ1) is 18.0. The average molecular weight is 495 g/mol. The SMILES string of the molecule is C/C=C(\C=c1/c(N)n[nH]c1=C1N=c2cncc(-c3cccc(F)c3)c2=N1)c1ccc(NC(=O)CC)nc1. The third-order valence-corrected chi connectivity index (χ3v) is 5.83. The number of nitrogens with zero attached hydrogens (tertiary/aromatic N) is 5. The molecule has 0 fully saturated rings. The van der Waals surface area contributed by atoms with Gasteiger partial charge in [-0.15, -0.1) is 0 Å². The van der Waals surface area contributed by atoms with Crippen molar-refractivity contribution >= 4 is 35.0 Å². The van der Waals surface area contributed by atoms with Crippen LogP contribution in [0.5, 0.6) is 0 Å². The topological polar surface area (TPSA) is 134 Å². The summed E-state index contributed by atoms with van der Waals surface area (Å²) in [6.07, 6.45) is 9.10. The first-order valence-electron chi connectivity index (χ1n) is 11.6. The van der Waals surface area contributed by atoms with E-state index < -0.39 is 0 Å². The zero-order chi connectivity index (χ0) is 25.9. The van der Waals surface area contributed by atoms with Gasteiger partial charge >= 0.3 is 0 Å². The van der Waals surface area contributed by atoms with Crippen molar-refractivity contribution in [2.75, 3.05) is 11.1 Å². The van der Waals surface area contributed by atoms with E-state index >= 15 is 0 Å². The van der Waals surface area contributed by atoms with Crippen LogP contribution in [0.25, 0.3) is 28.6 Å². The van der Waals surface area contributed by atoms with Crippen LogP contribution in [0.4, 0.5) is 16.0 Å². The van der Waals surface area contributed by atoms with E-state index in [0.29, 0.717) is 50.5 Å². The molecule has 0 radical (unpaired) electrons. The lowest BCUT2D eigenvalue weighted by atomic mass is 10.1. The average Bonchev–Trinajstić information content (AvgIpc) is 3.50. The van der Waals surface area contributed by atoms with Crippen LogP contribution in [-0.4, -0.2) is 26.1 Å². The standard InChI is InChI=1S/C27H23FN8O/c1-3-15(17-8-9-22(31-12-17)33-23(37)4-2)11-19-25(35-36-26(19)29)27-32-21-14-30-13-20(24(21)34-27)16-6-5-7-18(28)10-16/h3,5-14,35H,4H2,1-2H3,(H2,29,36)(H,31,33,37)/b15-3+,19-11-,27-25?. The highest BCUT2D eigenvalue weighted by Crippen LogP contribution is 2.18. The van der Waals surface area contributed by atoms with E-state index in [0.717, 1.165) is 11.1 Å². The Morgan fingerprint density at radius 3 is 2.76 bits per heavy atom. The van der Waals surface area contributed by atoms with Gasteiger partial charge in [0.25, 0.3) is 0 Å². The van der Waals surface area contributed by atoms with Crippen molar-refractivity contribution in [1.29, 1.82) is 0 Å². The van der Waals surface area contributed by atoms with Gasteiger partial charge in [0.1, 0.15) is 27.7 Å². The molecule has 1 aromatic carbocycles. The van der Waals surface area contributed by atoms with Crippen molar-refractivity contribution in [3.63, 3.8) is 0 Å². The van der Waals surface area contributed by atoms with Crippen LogP contribution in [0.15, 0.2) is 71.0 Å². The van der Waals surface area contributed by atoms with E-state index in [1.165, 1.54) is 12.1 Å². The Morgan fingerprint density at radius 1 is 1.16 bits per heavy atom. The second-order valence-electron chi connectivity index (χ2n) is 8.23. The molecule has 5 rings (SSSR count). The van der Waals surface area contributed by atoms with Gasteiger partial charge in [-0.05, 0) is 54.0 Å². The highest BCUT2D eigenvalue weighted by Gasteiger charge is 2.13. The van der Waals surface area contributed by atoms with Gasteiger partial charge in [-0.1, -0.05) is 25.1 Å². The lowest BCUT2D eigenvalue weighted by molar-refractivity contribution is -0.115. The maximum absolute atomic E-state index is 13.9. The number of H-pyrrole nitrogens is 1. The van der Waals surface area contributed by atoms with Gasteiger partial charge < -0.3 is 11.1 Å². The van der Waals surface area contributed by atoms with Crippen molar-refractivity contribution in [3.8, 4) is 11.1 Å². The molecule has 1 aliphatic heterocycles. The highest BCUT2D eigenvalue weighted by atomic mass is 19.1. The van der Waals surface area contributed by atoms with Gasteiger partial charge in [-0.3, -0.25) is 14.9 Å². The summed E-state index contributed by atoms with van der Waals surface area (Å²) in [5.41, 5.74) is 9.21. The van der Waals surface area contributed by atoms with E-state index in [1.807, 2.05) is 25.1 Å². The first-order valence-corrected chi connectivity index (χ1v) is 11.6. The number of pyridine rings is 2. The molecule has 0 saturated carbocycles. The number of hydrogen-bond acceptors (Lipinski definition) is 7. The number of anilines is 2. The van der Waals surface area contributed by atoms with Crippen LogP contribution in [0.3, 0.4) is 0 Å². The van der Waals surface area contributed by atoms with Crippen molar-refractivity contribution in [1.82, 2.24) is 20.2 Å². The summed E-state index contributed by atoms with van der Waals surface area (Å²) in [6, 6.07) is 9.87. The number of aromatic amines is 1. The number of nitrogens with two attached hydrogens (primary N) is 1. The summed E-state index contributed by atoms with van der Waals surface area (Å²) in [5, 5.41) is 12.2. The summed E-state index contributed by atoms with van der Waals surface area (Å²) in [6.45, 7) is 3.68. The Morgan fingerprint density at radius 2 is 2.03 bits per heavy atom. The Kier molecular flexibility index (Phi) is 6.38. The van der Waals surface area contributed by atoms with Gasteiger partial charge in [0.2, 0.25) is 5.91 Å². The number of carbonyl (C=O) groups is 1. The molecule has 37 heavy (non-hydrogen) atoms. The Balaban J connectivity index is 1.60. The molecule has 0 spiro atoms. The van der Waals surface area contributed by atoms with Crippen molar-refractivity contribution in [2.45, 2.75) is 20.3 Å². The molecule has 4 N–H and O–H groups in total. The second-order valence-corrected chi connectivity index (χ2v) is 8.23. The van der Waals surface area contributed by atoms with Crippen molar-refractivity contribution in [2.24, 2.45) is 9.98 Å². The molecule has 1 aliphatic rings. The Hall–Kier alpha value is -4.99. The molecule has 1 amide bonds.